The van der Waals surface area contributed by atoms with E-state index in [2.05, 4.69) is 32.0 Å². The maximum atomic E-state index is 4.50. The Morgan fingerprint density at radius 3 is 2.67 bits per heavy atom. The van der Waals surface area contributed by atoms with E-state index in [0.29, 0.717) is 0 Å². The quantitative estimate of drug-likeness (QED) is 0.778. The Labute approximate surface area is 123 Å². The largest absolute Gasteiger partial charge is 0.370 e. The normalized spacial score (nSPS) is 15.5. The van der Waals surface area contributed by atoms with Crippen LogP contribution in [0.2, 0.25) is 0 Å². The van der Waals surface area contributed by atoms with Crippen molar-refractivity contribution in [3.05, 3.63) is 42.7 Å². The minimum absolute atomic E-state index is 0.958. The van der Waals surface area contributed by atoms with Gasteiger partial charge in [0.2, 0.25) is 0 Å². The molecule has 0 unspecified atom stereocenters. The summed E-state index contributed by atoms with van der Waals surface area (Å²) in [6.45, 7) is 2.27. The van der Waals surface area contributed by atoms with Gasteiger partial charge in [-0.05, 0) is 43.5 Å². The van der Waals surface area contributed by atoms with Crippen LogP contribution < -0.4 is 4.90 Å². The van der Waals surface area contributed by atoms with Gasteiger partial charge in [-0.2, -0.15) is 0 Å². The number of pyridine rings is 2. The molecule has 0 aromatic carbocycles. The Morgan fingerprint density at radius 2 is 1.86 bits per heavy atom. The molecule has 3 aromatic heterocycles. The van der Waals surface area contributed by atoms with Crippen LogP contribution in [0.3, 0.4) is 0 Å². The molecular weight excluding hydrogens is 260 g/mol. The lowest BCUT2D eigenvalue weighted by atomic mass is 10.1. The number of rotatable bonds is 2. The fraction of sp³-hybridized carbons (Fsp3) is 0.294. The third-order valence-corrected chi connectivity index (χ3v) is 4.14. The molecule has 0 spiro atoms. The fourth-order valence-electron chi connectivity index (χ4n) is 3.07. The maximum Gasteiger partial charge on any atom is 0.0907 e. The van der Waals surface area contributed by atoms with Crippen molar-refractivity contribution in [3.63, 3.8) is 0 Å². The molecule has 4 rings (SSSR count). The van der Waals surface area contributed by atoms with Crippen molar-refractivity contribution >= 4 is 16.7 Å². The number of hydrogen-bond acceptors (Lipinski definition) is 3. The van der Waals surface area contributed by atoms with Gasteiger partial charge < -0.3 is 9.88 Å². The number of piperidine rings is 1. The standard InChI is InChI=1S/C17H18N4/c1-4-10-21(11-5-1)16-7-9-19-15-12-14(20-17(15)16)13-6-2-3-8-18-13/h2-3,6-9,12,20H,1,4-5,10-11H2. The Hall–Kier alpha value is -2.36. The van der Waals surface area contributed by atoms with E-state index >= 15 is 0 Å². The van der Waals surface area contributed by atoms with Crippen LogP contribution >= 0.6 is 0 Å². The van der Waals surface area contributed by atoms with Crippen LogP contribution in [-0.4, -0.2) is 28.0 Å². The molecule has 1 saturated heterocycles. The van der Waals surface area contributed by atoms with Crippen molar-refractivity contribution in [1.29, 1.82) is 0 Å². The van der Waals surface area contributed by atoms with Crippen molar-refractivity contribution in [3.8, 4) is 11.4 Å². The summed E-state index contributed by atoms with van der Waals surface area (Å²) < 4.78 is 0. The van der Waals surface area contributed by atoms with Crippen LogP contribution in [0.25, 0.3) is 22.4 Å². The van der Waals surface area contributed by atoms with Gasteiger partial charge in [0, 0.05) is 25.5 Å². The fourth-order valence-corrected chi connectivity index (χ4v) is 3.07. The van der Waals surface area contributed by atoms with E-state index in [0.717, 1.165) is 35.5 Å². The van der Waals surface area contributed by atoms with Gasteiger partial charge in [-0.15, -0.1) is 0 Å². The average molecular weight is 278 g/mol. The highest BCUT2D eigenvalue weighted by Gasteiger charge is 2.16. The second-order valence-electron chi connectivity index (χ2n) is 5.54. The van der Waals surface area contributed by atoms with Gasteiger partial charge in [0.05, 0.1) is 28.1 Å². The van der Waals surface area contributed by atoms with Gasteiger partial charge in [0.25, 0.3) is 0 Å². The van der Waals surface area contributed by atoms with Crippen molar-refractivity contribution in [2.24, 2.45) is 0 Å². The molecule has 0 bridgehead atoms. The molecule has 1 fully saturated rings. The highest BCUT2D eigenvalue weighted by atomic mass is 15.1. The SMILES string of the molecule is c1ccc(-c2cc3nccc(N4CCCCC4)c3[nH]2)nc1. The first-order valence-electron chi connectivity index (χ1n) is 7.56. The van der Waals surface area contributed by atoms with Gasteiger partial charge in [0.1, 0.15) is 0 Å². The summed E-state index contributed by atoms with van der Waals surface area (Å²) >= 11 is 0. The molecule has 1 N–H and O–H groups in total. The molecule has 0 amide bonds. The predicted molar refractivity (Wildman–Crippen MR) is 85.4 cm³/mol. The van der Waals surface area contributed by atoms with Gasteiger partial charge in [-0.1, -0.05) is 6.07 Å². The molecule has 0 aliphatic carbocycles. The third-order valence-electron chi connectivity index (χ3n) is 4.14. The highest BCUT2D eigenvalue weighted by molar-refractivity contribution is 5.92. The van der Waals surface area contributed by atoms with E-state index in [1.165, 1.54) is 24.9 Å². The van der Waals surface area contributed by atoms with Crippen molar-refractivity contribution in [1.82, 2.24) is 15.0 Å². The summed E-state index contributed by atoms with van der Waals surface area (Å²) in [5.41, 5.74) is 5.39. The van der Waals surface area contributed by atoms with Gasteiger partial charge >= 0.3 is 0 Å². The number of aromatic nitrogens is 3. The van der Waals surface area contributed by atoms with E-state index in [1.807, 2.05) is 30.6 Å². The van der Waals surface area contributed by atoms with Gasteiger partial charge in [-0.25, -0.2) is 0 Å². The monoisotopic (exact) mass is 278 g/mol. The number of nitrogens with zero attached hydrogens (tertiary/aromatic N) is 3. The first kappa shape index (κ1) is 12.4. The smallest absolute Gasteiger partial charge is 0.0907 e. The minimum Gasteiger partial charge on any atom is -0.370 e. The molecule has 21 heavy (non-hydrogen) atoms. The molecule has 106 valence electrons. The summed E-state index contributed by atoms with van der Waals surface area (Å²) in [6.07, 6.45) is 7.62. The van der Waals surface area contributed by atoms with E-state index in [4.69, 9.17) is 0 Å². The Balaban J connectivity index is 1.80. The van der Waals surface area contributed by atoms with Crippen molar-refractivity contribution in [2.45, 2.75) is 19.3 Å². The van der Waals surface area contributed by atoms with Crippen LogP contribution in [0, 0.1) is 0 Å². The van der Waals surface area contributed by atoms with E-state index in [-0.39, 0.29) is 0 Å². The van der Waals surface area contributed by atoms with Crippen LogP contribution in [0.5, 0.6) is 0 Å². The van der Waals surface area contributed by atoms with Crippen LogP contribution in [0.4, 0.5) is 5.69 Å². The van der Waals surface area contributed by atoms with E-state index < -0.39 is 0 Å². The molecular formula is C17H18N4. The molecule has 1 aliphatic rings. The number of anilines is 1. The Bertz CT molecular complexity index is 742. The molecule has 4 heterocycles. The summed E-state index contributed by atoms with van der Waals surface area (Å²) in [5.74, 6) is 0. The van der Waals surface area contributed by atoms with Crippen molar-refractivity contribution in [2.75, 3.05) is 18.0 Å². The summed E-state index contributed by atoms with van der Waals surface area (Å²) in [7, 11) is 0. The predicted octanol–water partition coefficient (Wildman–Crippen LogP) is 3.62. The second kappa shape index (κ2) is 5.20. The molecule has 0 saturated carbocycles. The second-order valence-corrected chi connectivity index (χ2v) is 5.54. The zero-order chi connectivity index (χ0) is 14.1. The van der Waals surface area contributed by atoms with Gasteiger partial charge in [0.15, 0.2) is 0 Å². The Kier molecular flexibility index (Phi) is 3.07. The van der Waals surface area contributed by atoms with E-state index in [9.17, 15) is 0 Å². The first-order chi connectivity index (χ1) is 10.4. The number of nitrogens with one attached hydrogen (secondary N) is 1. The topological polar surface area (TPSA) is 44.8 Å². The first-order valence-corrected chi connectivity index (χ1v) is 7.56. The molecule has 3 aromatic rings. The molecule has 4 heteroatoms. The van der Waals surface area contributed by atoms with Crippen LogP contribution in [-0.2, 0) is 0 Å². The number of aromatic amines is 1. The van der Waals surface area contributed by atoms with E-state index in [1.54, 1.807) is 0 Å². The molecule has 4 nitrogen and oxygen atoms in total. The zero-order valence-electron chi connectivity index (χ0n) is 11.9. The molecule has 0 atom stereocenters. The number of fused-ring (bicyclic) bond motifs is 1. The summed E-state index contributed by atoms with van der Waals surface area (Å²) in [5, 5.41) is 0. The zero-order valence-corrected chi connectivity index (χ0v) is 11.9. The lowest BCUT2D eigenvalue weighted by molar-refractivity contribution is 0.578. The third kappa shape index (κ3) is 2.27. The molecule has 0 radical (unpaired) electrons. The maximum absolute atomic E-state index is 4.50. The summed E-state index contributed by atoms with van der Waals surface area (Å²) in [4.78, 5) is 14.9. The lowest BCUT2D eigenvalue weighted by Crippen LogP contribution is -2.29. The average Bonchev–Trinajstić information content (AvgIpc) is 3.00. The minimum atomic E-state index is 0.958. The van der Waals surface area contributed by atoms with Crippen LogP contribution in [0.1, 0.15) is 19.3 Å². The lowest BCUT2D eigenvalue weighted by Gasteiger charge is -2.29. The Morgan fingerprint density at radius 1 is 0.952 bits per heavy atom. The van der Waals surface area contributed by atoms with Gasteiger partial charge in [-0.3, -0.25) is 9.97 Å². The number of hydrogen-bond donors (Lipinski definition) is 1. The summed E-state index contributed by atoms with van der Waals surface area (Å²) in [6, 6.07) is 10.2. The van der Waals surface area contributed by atoms with Crippen LogP contribution in [0.15, 0.2) is 42.7 Å². The highest BCUT2D eigenvalue weighted by Crippen LogP contribution is 2.30. The van der Waals surface area contributed by atoms with Crippen molar-refractivity contribution < 1.29 is 0 Å². The number of H-pyrrole nitrogens is 1. The molecule has 1 aliphatic heterocycles.